The molecule has 0 saturated carbocycles. The molecule has 0 aliphatic heterocycles. The molecule has 0 fully saturated rings. The Morgan fingerprint density at radius 3 is 2.61 bits per heavy atom. The van der Waals surface area contributed by atoms with E-state index in [2.05, 4.69) is 42.5 Å². The van der Waals surface area contributed by atoms with Crippen LogP contribution in [0.25, 0.3) is 5.69 Å². The topological polar surface area (TPSA) is 43.8 Å². The molecular formula is C15H21N3. The maximum absolute atomic E-state index is 5.80. The molecule has 0 aliphatic rings. The third kappa shape index (κ3) is 2.79. The zero-order valence-electron chi connectivity index (χ0n) is 11.4. The number of imidazole rings is 1. The van der Waals surface area contributed by atoms with Crippen molar-refractivity contribution in [1.82, 2.24) is 9.55 Å². The summed E-state index contributed by atoms with van der Waals surface area (Å²) in [7, 11) is 0. The van der Waals surface area contributed by atoms with Crippen molar-refractivity contribution in [3.63, 3.8) is 0 Å². The predicted molar refractivity (Wildman–Crippen MR) is 74.6 cm³/mol. The fourth-order valence-corrected chi connectivity index (χ4v) is 2.13. The number of hydrogen-bond acceptors (Lipinski definition) is 2. The zero-order chi connectivity index (χ0) is 13.2. The minimum atomic E-state index is 0.245. The van der Waals surface area contributed by atoms with Crippen LogP contribution in [0.1, 0.15) is 32.0 Å². The van der Waals surface area contributed by atoms with Crippen molar-refractivity contribution >= 4 is 0 Å². The molecule has 0 bridgehead atoms. The summed E-state index contributed by atoms with van der Waals surface area (Å²) in [5.74, 6) is 0. The summed E-state index contributed by atoms with van der Waals surface area (Å²) in [6.45, 7) is 7.25. The van der Waals surface area contributed by atoms with Crippen molar-refractivity contribution in [2.45, 2.75) is 33.7 Å². The number of aromatic nitrogens is 2. The van der Waals surface area contributed by atoms with Crippen LogP contribution in [0.5, 0.6) is 0 Å². The van der Waals surface area contributed by atoms with Gasteiger partial charge in [-0.1, -0.05) is 39.0 Å². The van der Waals surface area contributed by atoms with Gasteiger partial charge in [-0.25, -0.2) is 4.98 Å². The normalized spacial score (nSPS) is 11.8. The summed E-state index contributed by atoms with van der Waals surface area (Å²) < 4.78 is 2.15. The second kappa shape index (κ2) is 4.94. The van der Waals surface area contributed by atoms with Gasteiger partial charge < -0.3 is 10.3 Å². The van der Waals surface area contributed by atoms with Gasteiger partial charge in [0.05, 0.1) is 12.0 Å². The second-order valence-electron chi connectivity index (χ2n) is 5.83. The van der Waals surface area contributed by atoms with E-state index >= 15 is 0 Å². The Bertz CT molecular complexity index is 521. The molecule has 2 aromatic rings. The molecular weight excluding hydrogens is 222 g/mol. The second-order valence-corrected chi connectivity index (χ2v) is 5.83. The monoisotopic (exact) mass is 243 g/mol. The average Bonchev–Trinajstić information content (AvgIpc) is 2.74. The molecule has 3 nitrogen and oxygen atoms in total. The van der Waals surface area contributed by atoms with Crippen LogP contribution in [0.3, 0.4) is 0 Å². The molecule has 1 aromatic carbocycles. The third-order valence-corrected chi connectivity index (χ3v) is 2.90. The van der Waals surface area contributed by atoms with Crippen molar-refractivity contribution in [2.24, 2.45) is 11.1 Å². The van der Waals surface area contributed by atoms with E-state index < -0.39 is 0 Å². The van der Waals surface area contributed by atoms with E-state index in [1.54, 1.807) is 0 Å². The molecule has 0 saturated heterocycles. The molecule has 0 aliphatic carbocycles. The van der Waals surface area contributed by atoms with Crippen LogP contribution < -0.4 is 5.73 Å². The lowest BCUT2D eigenvalue weighted by atomic mass is 9.90. The Balaban J connectivity index is 2.42. The first kappa shape index (κ1) is 12.8. The predicted octanol–water partition coefficient (Wildman–Crippen LogP) is 2.92. The summed E-state index contributed by atoms with van der Waals surface area (Å²) >= 11 is 0. The van der Waals surface area contributed by atoms with Crippen molar-refractivity contribution in [1.29, 1.82) is 0 Å². The third-order valence-electron chi connectivity index (χ3n) is 2.90. The minimum Gasteiger partial charge on any atom is -0.326 e. The van der Waals surface area contributed by atoms with Gasteiger partial charge >= 0.3 is 0 Å². The van der Waals surface area contributed by atoms with Crippen molar-refractivity contribution in [3.8, 4) is 5.69 Å². The van der Waals surface area contributed by atoms with Gasteiger partial charge in [-0.15, -0.1) is 0 Å². The SMILES string of the molecule is CC(C)(C)Cc1cncn1-c1ccccc1CN. The number of nitrogens with zero attached hydrogens (tertiary/aromatic N) is 2. The summed E-state index contributed by atoms with van der Waals surface area (Å²) in [5, 5.41) is 0. The smallest absolute Gasteiger partial charge is 0.0994 e. The molecule has 2 N–H and O–H groups in total. The van der Waals surface area contributed by atoms with Gasteiger partial charge in [0.25, 0.3) is 0 Å². The molecule has 18 heavy (non-hydrogen) atoms. The fourth-order valence-electron chi connectivity index (χ4n) is 2.13. The molecule has 0 unspecified atom stereocenters. The van der Waals surface area contributed by atoms with Crippen LogP contribution in [0, 0.1) is 5.41 Å². The number of benzene rings is 1. The lowest BCUT2D eigenvalue weighted by Crippen LogP contribution is -2.13. The molecule has 0 atom stereocenters. The van der Waals surface area contributed by atoms with Crippen molar-refractivity contribution in [2.75, 3.05) is 0 Å². The van der Waals surface area contributed by atoms with E-state index in [-0.39, 0.29) is 5.41 Å². The Morgan fingerprint density at radius 1 is 1.22 bits per heavy atom. The number of rotatable bonds is 3. The Labute approximate surface area is 109 Å². The zero-order valence-corrected chi connectivity index (χ0v) is 11.4. The van der Waals surface area contributed by atoms with E-state index in [1.807, 2.05) is 24.7 Å². The van der Waals surface area contributed by atoms with E-state index in [9.17, 15) is 0 Å². The molecule has 0 spiro atoms. The van der Waals surface area contributed by atoms with Crippen LogP contribution in [0.2, 0.25) is 0 Å². The van der Waals surface area contributed by atoms with Crippen molar-refractivity contribution in [3.05, 3.63) is 48.0 Å². The maximum Gasteiger partial charge on any atom is 0.0994 e. The Morgan fingerprint density at radius 2 is 1.94 bits per heavy atom. The van der Waals surface area contributed by atoms with Gasteiger partial charge in [-0.05, 0) is 23.5 Å². The van der Waals surface area contributed by atoms with Gasteiger partial charge in [-0.2, -0.15) is 0 Å². The van der Waals surface area contributed by atoms with Gasteiger partial charge in [0, 0.05) is 18.4 Å². The highest BCUT2D eigenvalue weighted by atomic mass is 15.1. The molecule has 0 radical (unpaired) electrons. The van der Waals surface area contributed by atoms with E-state index in [0.717, 1.165) is 17.7 Å². The van der Waals surface area contributed by atoms with Gasteiger partial charge in [0.2, 0.25) is 0 Å². The number of para-hydroxylation sites is 1. The Hall–Kier alpha value is -1.61. The standard InChI is InChI=1S/C15H21N3/c1-15(2,3)8-13-10-17-11-18(13)14-7-5-4-6-12(14)9-16/h4-7,10-11H,8-9,16H2,1-3H3. The molecule has 96 valence electrons. The largest absolute Gasteiger partial charge is 0.326 e. The maximum atomic E-state index is 5.80. The van der Waals surface area contributed by atoms with Crippen LogP contribution in [-0.2, 0) is 13.0 Å². The van der Waals surface area contributed by atoms with Crippen molar-refractivity contribution < 1.29 is 0 Å². The van der Waals surface area contributed by atoms with Crippen LogP contribution >= 0.6 is 0 Å². The van der Waals surface area contributed by atoms with Crippen LogP contribution in [-0.4, -0.2) is 9.55 Å². The summed E-state index contributed by atoms with van der Waals surface area (Å²) in [4.78, 5) is 4.28. The van der Waals surface area contributed by atoms with E-state index in [0.29, 0.717) is 6.54 Å². The highest BCUT2D eigenvalue weighted by Gasteiger charge is 2.15. The lowest BCUT2D eigenvalue weighted by Gasteiger charge is -2.20. The molecule has 1 heterocycles. The molecule has 1 aromatic heterocycles. The highest BCUT2D eigenvalue weighted by Crippen LogP contribution is 2.23. The van der Waals surface area contributed by atoms with Gasteiger partial charge in [0.1, 0.15) is 0 Å². The lowest BCUT2D eigenvalue weighted by molar-refractivity contribution is 0.403. The molecule has 3 heteroatoms. The number of hydrogen-bond donors (Lipinski definition) is 1. The minimum absolute atomic E-state index is 0.245. The van der Waals surface area contributed by atoms with Gasteiger partial charge in [-0.3, -0.25) is 0 Å². The first-order valence-electron chi connectivity index (χ1n) is 6.31. The quantitative estimate of drug-likeness (QED) is 0.900. The van der Waals surface area contributed by atoms with Gasteiger partial charge in [0.15, 0.2) is 0 Å². The summed E-state index contributed by atoms with van der Waals surface area (Å²) in [6, 6.07) is 8.22. The average molecular weight is 243 g/mol. The first-order chi connectivity index (χ1) is 8.51. The van der Waals surface area contributed by atoms with E-state index in [1.165, 1.54) is 5.69 Å². The molecule has 0 amide bonds. The first-order valence-corrected chi connectivity index (χ1v) is 6.31. The summed E-state index contributed by atoms with van der Waals surface area (Å²) in [5.41, 5.74) is 9.55. The fraction of sp³-hybridized carbons (Fsp3) is 0.400. The van der Waals surface area contributed by atoms with E-state index in [4.69, 9.17) is 5.73 Å². The van der Waals surface area contributed by atoms with Crippen LogP contribution in [0.4, 0.5) is 0 Å². The summed E-state index contributed by atoms with van der Waals surface area (Å²) in [6.07, 6.45) is 4.81. The highest BCUT2D eigenvalue weighted by molar-refractivity contribution is 5.42. The van der Waals surface area contributed by atoms with Crippen LogP contribution in [0.15, 0.2) is 36.8 Å². The number of nitrogens with two attached hydrogens (primary N) is 1. The Kier molecular flexibility index (Phi) is 3.53. The molecule has 2 rings (SSSR count).